The lowest BCUT2D eigenvalue weighted by Gasteiger charge is -2.24. The van der Waals surface area contributed by atoms with Gasteiger partial charge in [0.2, 0.25) is 0 Å². The molecule has 2 unspecified atom stereocenters. The number of esters is 2. The van der Waals surface area contributed by atoms with Crippen molar-refractivity contribution < 1.29 is 28.2 Å². The number of rotatable bonds is 8. The number of ether oxygens (including phenoxy) is 2. The van der Waals surface area contributed by atoms with Crippen molar-refractivity contribution >= 4 is 11.9 Å². The fourth-order valence-electron chi connectivity index (χ4n) is 2.67. The molecule has 0 aliphatic heterocycles. The summed E-state index contributed by atoms with van der Waals surface area (Å²) in [5.74, 6) is -1.37. The maximum atomic E-state index is 12.1. The number of alkyl halides is 1. The lowest BCUT2D eigenvalue weighted by molar-refractivity contribution is -0.157. The molecule has 1 saturated carbocycles. The minimum atomic E-state index is -0.679. The highest BCUT2D eigenvalue weighted by atomic mass is 19.1. The largest absolute Gasteiger partial charge is 0.463 e. The zero-order valence-corrected chi connectivity index (χ0v) is 13.5. The molecule has 0 aromatic heterocycles. The summed E-state index contributed by atoms with van der Waals surface area (Å²) >= 11 is 0. The maximum absolute atomic E-state index is 12.1. The molecule has 0 N–H and O–H groups in total. The number of carbonyl (C=O) groups excluding carboxylic acids is 2. The molecule has 0 aromatic carbocycles. The zero-order valence-electron chi connectivity index (χ0n) is 13.5. The Morgan fingerprint density at radius 1 is 1.04 bits per heavy atom. The Hall–Kier alpha value is -1.20. The van der Waals surface area contributed by atoms with Crippen LogP contribution in [0.3, 0.4) is 0 Å². The minimum Gasteiger partial charge on any atom is -0.463 e. The molecule has 1 aliphatic carbocycles. The van der Waals surface area contributed by atoms with Crippen molar-refractivity contribution in [2.75, 3.05) is 13.3 Å². The average Bonchev–Trinajstić information content (AvgIpc) is 2.50. The fourth-order valence-corrected chi connectivity index (χ4v) is 2.67. The topological polar surface area (TPSA) is 52.6 Å². The Morgan fingerprint density at radius 3 is 2.04 bits per heavy atom. The molecule has 0 heterocycles. The molecule has 26 heavy (non-hydrogen) atoms. The molecule has 1 rings (SSSR count). The van der Waals surface area contributed by atoms with Gasteiger partial charge in [0.15, 0.2) is 0 Å². The average molecular weight is 387 g/mol. The molecule has 6 heteroatoms. The maximum Gasteiger partial charge on any atom is 0.309 e. The third-order valence-corrected chi connectivity index (χ3v) is 4.02. The van der Waals surface area contributed by atoms with E-state index < -0.39 is 12.6 Å². The number of hydrogen-bond donors (Lipinski definition) is 0. The first kappa shape index (κ1) is 35.8. The molecule has 0 saturated heterocycles. The van der Waals surface area contributed by atoms with Crippen LogP contribution in [0.15, 0.2) is 0 Å². The predicted molar refractivity (Wildman–Crippen MR) is 107 cm³/mol. The first-order valence-electron chi connectivity index (χ1n) is 8.01. The fraction of sp³-hybridized carbons (Fsp3) is 0.900. The number of carbonyl (C=O) groups is 2. The number of halogens is 2. The van der Waals surface area contributed by atoms with Crippen LogP contribution in [-0.4, -0.2) is 31.3 Å². The van der Waals surface area contributed by atoms with E-state index in [2.05, 4.69) is 0 Å². The van der Waals surface area contributed by atoms with E-state index in [0.717, 1.165) is 25.7 Å². The molecule has 1 aliphatic rings. The van der Waals surface area contributed by atoms with E-state index in [0.29, 0.717) is 12.8 Å². The summed E-state index contributed by atoms with van der Waals surface area (Å²) in [5.41, 5.74) is 0. The van der Waals surface area contributed by atoms with Crippen LogP contribution in [0.4, 0.5) is 9.09 Å². The van der Waals surface area contributed by atoms with E-state index in [-0.39, 0.29) is 64.9 Å². The van der Waals surface area contributed by atoms with E-state index in [1.807, 2.05) is 6.92 Å². The Bertz CT molecular complexity index is 332. The molecule has 0 aromatic rings. The van der Waals surface area contributed by atoms with Crippen molar-refractivity contribution in [2.24, 2.45) is 11.8 Å². The van der Waals surface area contributed by atoms with Crippen LogP contribution >= 0.6 is 0 Å². The smallest absolute Gasteiger partial charge is 0.309 e. The SMILES string of the molecule is C.C.C.C.CCC(CC(C)C(=O)OC1CCCCC1)C(=O)OCCF.F. The van der Waals surface area contributed by atoms with Gasteiger partial charge >= 0.3 is 11.9 Å². The van der Waals surface area contributed by atoms with Gasteiger partial charge in [0.1, 0.15) is 19.4 Å². The molecule has 0 bridgehead atoms. The van der Waals surface area contributed by atoms with Gasteiger partial charge in [0.25, 0.3) is 0 Å². The molecular weight excluding hydrogens is 342 g/mol. The van der Waals surface area contributed by atoms with E-state index >= 15 is 0 Å². The standard InChI is InChI=1S/C16H27FO4.4CH4.FH/c1-3-13(16(19)20-10-9-17)11-12(2)15(18)21-14-7-5-4-6-8-14;;;;;/h12-14H,3-11H2,1-2H3;4*1H4;1H. The Balaban J connectivity index is -0.000000294. The van der Waals surface area contributed by atoms with Gasteiger partial charge in [-0.25, -0.2) is 4.39 Å². The summed E-state index contributed by atoms with van der Waals surface area (Å²) in [7, 11) is 0. The highest BCUT2D eigenvalue weighted by Gasteiger charge is 2.27. The molecule has 0 radical (unpaired) electrons. The van der Waals surface area contributed by atoms with Gasteiger partial charge in [0, 0.05) is 0 Å². The summed E-state index contributed by atoms with van der Waals surface area (Å²) in [6.07, 6.45) is 6.31. The van der Waals surface area contributed by atoms with Crippen LogP contribution in [0.1, 0.15) is 88.5 Å². The van der Waals surface area contributed by atoms with Crippen molar-refractivity contribution in [3.8, 4) is 0 Å². The van der Waals surface area contributed by atoms with Crippen molar-refractivity contribution in [3.05, 3.63) is 0 Å². The summed E-state index contributed by atoms with van der Waals surface area (Å²) in [4.78, 5) is 23.8. The Morgan fingerprint density at radius 2 is 1.58 bits per heavy atom. The molecule has 162 valence electrons. The summed E-state index contributed by atoms with van der Waals surface area (Å²) in [6, 6.07) is 0. The van der Waals surface area contributed by atoms with Gasteiger partial charge in [-0.15, -0.1) is 0 Å². The molecule has 2 atom stereocenters. The van der Waals surface area contributed by atoms with Crippen LogP contribution in [-0.2, 0) is 19.1 Å². The second-order valence-corrected chi connectivity index (χ2v) is 5.80. The second kappa shape index (κ2) is 20.1. The molecule has 0 spiro atoms. The molecule has 4 nitrogen and oxygen atoms in total. The van der Waals surface area contributed by atoms with Gasteiger partial charge < -0.3 is 9.47 Å². The first-order chi connectivity index (χ1) is 10.1. The second-order valence-electron chi connectivity index (χ2n) is 5.80. The van der Waals surface area contributed by atoms with Crippen LogP contribution in [0.5, 0.6) is 0 Å². The lowest BCUT2D eigenvalue weighted by Crippen LogP contribution is -2.28. The van der Waals surface area contributed by atoms with Crippen LogP contribution < -0.4 is 0 Å². The van der Waals surface area contributed by atoms with Gasteiger partial charge in [-0.3, -0.25) is 14.3 Å². The lowest BCUT2D eigenvalue weighted by atomic mass is 9.93. The molecule has 1 fully saturated rings. The van der Waals surface area contributed by atoms with Crippen LogP contribution in [0, 0.1) is 11.8 Å². The van der Waals surface area contributed by atoms with Crippen molar-refractivity contribution in [1.82, 2.24) is 0 Å². The third-order valence-electron chi connectivity index (χ3n) is 4.02. The Kier molecular flexibility index (Phi) is 27.7. The van der Waals surface area contributed by atoms with Crippen molar-refractivity contribution in [1.29, 1.82) is 0 Å². The third kappa shape index (κ3) is 13.1. The highest BCUT2D eigenvalue weighted by Crippen LogP contribution is 2.23. The van der Waals surface area contributed by atoms with Crippen molar-refractivity contribution in [3.63, 3.8) is 0 Å². The Labute approximate surface area is 160 Å². The minimum absolute atomic E-state index is 0. The normalized spacial score (nSPS) is 15.2. The van der Waals surface area contributed by atoms with Gasteiger partial charge in [0.05, 0.1) is 11.8 Å². The monoisotopic (exact) mass is 386 g/mol. The summed E-state index contributed by atoms with van der Waals surface area (Å²) in [6.45, 7) is 2.74. The molecule has 0 amide bonds. The van der Waals surface area contributed by atoms with Crippen molar-refractivity contribution in [2.45, 2.75) is 94.6 Å². The molecular formula is C20H44F2O4. The summed E-state index contributed by atoms with van der Waals surface area (Å²) in [5, 5.41) is 0. The number of hydrogen-bond acceptors (Lipinski definition) is 4. The highest BCUT2D eigenvalue weighted by molar-refractivity contribution is 5.75. The first-order valence-corrected chi connectivity index (χ1v) is 8.01. The van der Waals surface area contributed by atoms with Crippen LogP contribution in [0.25, 0.3) is 0 Å². The van der Waals surface area contributed by atoms with E-state index in [4.69, 9.17) is 9.47 Å². The van der Waals surface area contributed by atoms with E-state index in [1.54, 1.807) is 6.92 Å². The van der Waals surface area contributed by atoms with Gasteiger partial charge in [-0.1, -0.05) is 50.0 Å². The van der Waals surface area contributed by atoms with Gasteiger partial charge in [-0.05, 0) is 38.5 Å². The van der Waals surface area contributed by atoms with Gasteiger partial charge in [-0.2, -0.15) is 0 Å². The van der Waals surface area contributed by atoms with Crippen LogP contribution in [0.2, 0.25) is 0 Å². The van der Waals surface area contributed by atoms with E-state index in [9.17, 15) is 14.0 Å². The zero-order chi connectivity index (χ0) is 15.7. The predicted octanol–water partition coefficient (Wildman–Crippen LogP) is 6.12. The quantitative estimate of drug-likeness (QED) is 0.471. The van der Waals surface area contributed by atoms with E-state index in [1.165, 1.54) is 6.42 Å². The summed E-state index contributed by atoms with van der Waals surface area (Å²) < 4.78 is 22.3.